The molecular weight excluding hydrogens is 302 g/mol. The van der Waals surface area contributed by atoms with E-state index >= 15 is 0 Å². The number of hydrogen-bond acceptors (Lipinski definition) is 4. The molecule has 22 heavy (non-hydrogen) atoms. The number of ether oxygens (including phenoxy) is 1. The lowest BCUT2D eigenvalue weighted by molar-refractivity contribution is 0.280. The van der Waals surface area contributed by atoms with Gasteiger partial charge in [0.05, 0.1) is 18.5 Å². The Kier molecular flexibility index (Phi) is 4.37. The van der Waals surface area contributed by atoms with Crippen LogP contribution in [-0.2, 0) is 13.2 Å². The zero-order chi connectivity index (χ0) is 15.4. The summed E-state index contributed by atoms with van der Waals surface area (Å²) in [5.41, 5.74) is 2.46. The molecule has 0 unspecified atom stereocenters. The summed E-state index contributed by atoms with van der Waals surface area (Å²) >= 11 is 5.86. The zero-order valence-electron chi connectivity index (χ0n) is 11.7. The fraction of sp³-hybridized carbons (Fsp3) is 0.125. The number of aromatic nitrogens is 3. The van der Waals surface area contributed by atoms with Gasteiger partial charge in [0.25, 0.3) is 0 Å². The average Bonchev–Trinajstić information content (AvgIpc) is 3.03. The van der Waals surface area contributed by atoms with Gasteiger partial charge >= 0.3 is 0 Å². The highest BCUT2D eigenvalue weighted by molar-refractivity contribution is 6.30. The van der Waals surface area contributed by atoms with Crippen LogP contribution in [0.4, 0.5) is 0 Å². The predicted molar refractivity (Wildman–Crippen MR) is 83.1 cm³/mol. The van der Waals surface area contributed by atoms with Crippen molar-refractivity contribution < 1.29 is 9.84 Å². The maximum absolute atomic E-state index is 8.99. The lowest BCUT2D eigenvalue weighted by Crippen LogP contribution is -1.96. The summed E-state index contributed by atoms with van der Waals surface area (Å²) in [4.78, 5) is 0. The first-order chi connectivity index (χ1) is 10.7. The van der Waals surface area contributed by atoms with Crippen molar-refractivity contribution in [2.75, 3.05) is 0 Å². The molecule has 2 aromatic carbocycles. The monoisotopic (exact) mass is 315 g/mol. The standard InChI is InChI=1S/C16H14ClN3O2/c17-13-3-5-15(6-4-13)20-9-14(18-19-20)11-22-16-7-1-12(10-21)2-8-16/h1-9,21H,10-11H2. The summed E-state index contributed by atoms with van der Waals surface area (Å²) in [6, 6.07) is 14.6. The molecule has 3 aromatic rings. The van der Waals surface area contributed by atoms with Gasteiger partial charge < -0.3 is 9.84 Å². The summed E-state index contributed by atoms with van der Waals surface area (Å²) in [5.74, 6) is 0.721. The minimum atomic E-state index is 0.0235. The van der Waals surface area contributed by atoms with E-state index in [9.17, 15) is 0 Å². The second kappa shape index (κ2) is 6.60. The molecule has 112 valence electrons. The Labute approximate surface area is 132 Å². The van der Waals surface area contributed by atoms with Crippen LogP contribution in [0.25, 0.3) is 5.69 Å². The largest absolute Gasteiger partial charge is 0.487 e. The SMILES string of the molecule is OCc1ccc(OCc2cn(-c3ccc(Cl)cc3)nn2)cc1. The van der Waals surface area contributed by atoms with Crippen molar-refractivity contribution in [3.63, 3.8) is 0 Å². The van der Waals surface area contributed by atoms with Crippen molar-refractivity contribution in [3.05, 3.63) is 71.0 Å². The van der Waals surface area contributed by atoms with E-state index in [1.54, 1.807) is 16.8 Å². The molecule has 0 bridgehead atoms. The van der Waals surface area contributed by atoms with Crippen LogP contribution < -0.4 is 4.74 Å². The van der Waals surface area contributed by atoms with E-state index in [2.05, 4.69) is 10.3 Å². The molecule has 3 rings (SSSR count). The lowest BCUT2D eigenvalue weighted by atomic mass is 10.2. The summed E-state index contributed by atoms with van der Waals surface area (Å²) in [6.45, 7) is 0.349. The maximum Gasteiger partial charge on any atom is 0.134 e. The number of aliphatic hydroxyl groups excluding tert-OH is 1. The molecule has 0 spiro atoms. The number of halogens is 1. The fourth-order valence-corrected chi connectivity index (χ4v) is 2.06. The van der Waals surface area contributed by atoms with Gasteiger partial charge in [0.1, 0.15) is 18.1 Å². The Hall–Kier alpha value is -2.37. The molecule has 1 heterocycles. The van der Waals surface area contributed by atoms with E-state index in [1.165, 1.54) is 0 Å². The van der Waals surface area contributed by atoms with Gasteiger partial charge in [-0.25, -0.2) is 4.68 Å². The lowest BCUT2D eigenvalue weighted by Gasteiger charge is -2.04. The van der Waals surface area contributed by atoms with Gasteiger partial charge in [0.15, 0.2) is 0 Å². The van der Waals surface area contributed by atoms with Crippen LogP contribution in [0.1, 0.15) is 11.3 Å². The van der Waals surface area contributed by atoms with Crippen molar-refractivity contribution in [2.24, 2.45) is 0 Å². The number of hydrogen-bond donors (Lipinski definition) is 1. The third-order valence-corrected chi connectivity index (χ3v) is 3.38. The summed E-state index contributed by atoms with van der Waals surface area (Å²) < 4.78 is 7.31. The van der Waals surface area contributed by atoms with Gasteiger partial charge in [-0.2, -0.15) is 0 Å². The van der Waals surface area contributed by atoms with E-state index in [0.29, 0.717) is 11.6 Å². The molecule has 0 amide bonds. The normalized spacial score (nSPS) is 10.6. The van der Waals surface area contributed by atoms with Crippen LogP contribution >= 0.6 is 11.6 Å². The van der Waals surface area contributed by atoms with Gasteiger partial charge in [-0.3, -0.25) is 0 Å². The van der Waals surface area contributed by atoms with E-state index in [4.69, 9.17) is 21.4 Å². The smallest absolute Gasteiger partial charge is 0.134 e. The highest BCUT2D eigenvalue weighted by Crippen LogP contribution is 2.15. The van der Waals surface area contributed by atoms with Gasteiger partial charge in [-0.05, 0) is 42.0 Å². The van der Waals surface area contributed by atoms with E-state index in [1.807, 2.05) is 42.6 Å². The molecule has 0 saturated heterocycles. The highest BCUT2D eigenvalue weighted by atomic mass is 35.5. The second-order valence-corrected chi connectivity index (χ2v) is 5.16. The number of aliphatic hydroxyl groups is 1. The summed E-state index contributed by atoms with van der Waals surface area (Å²) in [7, 11) is 0. The zero-order valence-corrected chi connectivity index (χ0v) is 12.4. The van der Waals surface area contributed by atoms with E-state index < -0.39 is 0 Å². The van der Waals surface area contributed by atoms with Crippen molar-refractivity contribution in [2.45, 2.75) is 13.2 Å². The molecule has 0 aliphatic heterocycles. The van der Waals surface area contributed by atoms with Crippen LogP contribution in [0.5, 0.6) is 5.75 Å². The fourth-order valence-electron chi connectivity index (χ4n) is 1.93. The Morgan fingerprint density at radius 1 is 1.05 bits per heavy atom. The Bertz CT molecular complexity index is 739. The topological polar surface area (TPSA) is 60.2 Å². The van der Waals surface area contributed by atoms with E-state index in [0.717, 1.165) is 22.7 Å². The summed E-state index contributed by atoms with van der Waals surface area (Å²) in [5, 5.41) is 17.8. The van der Waals surface area contributed by atoms with Crippen LogP contribution in [0.15, 0.2) is 54.7 Å². The second-order valence-electron chi connectivity index (χ2n) is 4.72. The molecule has 0 fully saturated rings. The molecule has 5 nitrogen and oxygen atoms in total. The van der Waals surface area contributed by atoms with Crippen LogP contribution in [-0.4, -0.2) is 20.1 Å². The third kappa shape index (κ3) is 3.44. The molecule has 0 atom stereocenters. The van der Waals surface area contributed by atoms with Crippen molar-refractivity contribution in [1.82, 2.24) is 15.0 Å². The molecule has 0 radical (unpaired) electrons. The molecular formula is C16H14ClN3O2. The van der Waals surface area contributed by atoms with Gasteiger partial charge in [0, 0.05) is 5.02 Å². The quantitative estimate of drug-likeness (QED) is 0.786. The molecule has 0 saturated carbocycles. The number of rotatable bonds is 5. The van der Waals surface area contributed by atoms with Crippen LogP contribution in [0.2, 0.25) is 5.02 Å². The van der Waals surface area contributed by atoms with Crippen LogP contribution in [0, 0.1) is 0 Å². The average molecular weight is 316 g/mol. The van der Waals surface area contributed by atoms with Gasteiger partial charge in [-0.1, -0.05) is 28.9 Å². The molecule has 0 aliphatic carbocycles. The first-order valence-corrected chi connectivity index (χ1v) is 7.12. The van der Waals surface area contributed by atoms with Gasteiger partial charge in [-0.15, -0.1) is 5.10 Å². The maximum atomic E-state index is 8.99. The third-order valence-electron chi connectivity index (χ3n) is 3.12. The first kappa shape index (κ1) is 14.6. The first-order valence-electron chi connectivity index (χ1n) is 6.74. The minimum Gasteiger partial charge on any atom is -0.487 e. The number of nitrogens with zero attached hydrogens (tertiary/aromatic N) is 3. The number of benzene rings is 2. The van der Waals surface area contributed by atoms with Crippen molar-refractivity contribution in [1.29, 1.82) is 0 Å². The molecule has 0 aliphatic rings. The Morgan fingerprint density at radius 2 is 1.77 bits per heavy atom. The predicted octanol–water partition coefficient (Wildman–Crippen LogP) is 2.99. The highest BCUT2D eigenvalue weighted by Gasteiger charge is 2.04. The Morgan fingerprint density at radius 3 is 2.45 bits per heavy atom. The van der Waals surface area contributed by atoms with Gasteiger partial charge in [0.2, 0.25) is 0 Å². The van der Waals surface area contributed by atoms with Crippen molar-refractivity contribution in [3.8, 4) is 11.4 Å². The summed E-state index contributed by atoms with van der Waals surface area (Å²) in [6.07, 6.45) is 1.81. The minimum absolute atomic E-state index is 0.0235. The molecule has 6 heteroatoms. The molecule has 1 aromatic heterocycles. The van der Waals surface area contributed by atoms with Crippen LogP contribution in [0.3, 0.4) is 0 Å². The van der Waals surface area contributed by atoms with E-state index in [-0.39, 0.29) is 6.61 Å². The molecule has 1 N–H and O–H groups in total. The Balaban J connectivity index is 1.65. The van der Waals surface area contributed by atoms with Crippen molar-refractivity contribution >= 4 is 11.6 Å².